The molecule has 0 aliphatic heterocycles. The number of nitrogens with zero attached hydrogens (tertiary/aromatic N) is 2. The maximum atomic E-state index is 10.1. The summed E-state index contributed by atoms with van der Waals surface area (Å²) in [6, 6.07) is 14.2. The molecule has 1 aromatic heterocycles. The number of aliphatic hydroxyl groups excluding tert-OH is 1. The normalized spacial score (nSPS) is 14.0. The zero-order valence-corrected chi connectivity index (χ0v) is 13.2. The topological polar surface area (TPSA) is 45.6 Å². The fraction of sp³-hybridized carbons (Fsp3) is 0.389. The Hall–Kier alpha value is -1.75. The minimum Gasteiger partial charge on any atom is -0.389 e. The highest BCUT2D eigenvalue weighted by Gasteiger charge is 2.15. The van der Waals surface area contributed by atoms with Gasteiger partial charge in [-0.05, 0) is 31.2 Å². The second kappa shape index (κ2) is 8.63. The molecule has 0 radical (unpaired) electrons. The monoisotopic (exact) mass is 300 g/mol. The van der Waals surface area contributed by atoms with Crippen LogP contribution in [0.5, 0.6) is 0 Å². The average molecular weight is 300 g/mol. The minimum atomic E-state index is -0.507. The molecule has 0 saturated carbocycles. The van der Waals surface area contributed by atoms with Crippen LogP contribution in [0.15, 0.2) is 54.9 Å². The molecule has 0 saturated heterocycles. The van der Waals surface area contributed by atoms with Gasteiger partial charge < -0.3 is 9.84 Å². The van der Waals surface area contributed by atoms with Crippen LogP contribution in [0.4, 0.5) is 0 Å². The van der Waals surface area contributed by atoms with Gasteiger partial charge in [-0.15, -0.1) is 0 Å². The molecule has 0 amide bonds. The molecule has 2 atom stereocenters. The fourth-order valence-corrected chi connectivity index (χ4v) is 2.31. The van der Waals surface area contributed by atoms with Crippen LogP contribution in [0.25, 0.3) is 0 Å². The van der Waals surface area contributed by atoms with Gasteiger partial charge >= 0.3 is 0 Å². The first kappa shape index (κ1) is 16.6. The third kappa shape index (κ3) is 5.22. The minimum absolute atomic E-state index is 0.206. The van der Waals surface area contributed by atoms with Crippen molar-refractivity contribution < 1.29 is 9.84 Å². The van der Waals surface area contributed by atoms with Crippen LogP contribution in [0.1, 0.15) is 24.1 Å². The summed E-state index contributed by atoms with van der Waals surface area (Å²) in [7, 11) is 2.00. The van der Waals surface area contributed by atoms with Gasteiger partial charge in [-0.3, -0.25) is 9.88 Å². The van der Waals surface area contributed by atoms with Gasteiger partial charge in [-0.25, -0.2) is 0 Å². The van der Waals surface area contributed by atoms with Crippen LogP contribution >= 0.6 is 0 Å². The number of benzene rings is 1. The van der Waals surface area contributed by atoms with Crippen LogP contribution in [-0.4, -0.2) is 41.3 Å². The van der Waals surface area contributed by atoms with Crippen LogP contribution in [-0.2, 0) is 11.3 Å². The lowest BCUT2D eigenvalue weighted by molar-refractivity contribution is 0.00852. The van der Waals surface area contributed by atoms with Gasteiger partial charge in [0, 0.05) is 25.0 Å². The Morgan fingerprint density at radius 3 is 2.64 bits per heavy atom. The van der Waals surface area contributed by atoms with Crippen LogP contribution < -0.4 is 0 Å². The van der Waals surface area contributed by atoms with E-state index in [1.165, 1.54) is 0 Å². The van der Waals surface area contributed by atoms with Crippen molar-refractivity contribution in [3.8, 4) is 0 Å². The fourth-order valence-electron chi connectivity index (χ4n) is 2.31. The third-order valence-electron chi connectivity index (χ3n) is 3.75. The molecular weight excluding hydrogens is 276 g/mol. The molecule has 4 heteroatoms. The summed E-state index contributed by atoms with van der Waals surface area (Å²) in [5.74, 6) is 0. The van der Waals surface area contributed by atoms with Crippen LogP contribution in [0, 0.1) is 0 Å². The van der Waals surface area contributed by atoms with E-state index in [1.807, 2.05) is 55.7 Å². The van der Waals surface area contributed by atoms with Crippen molar-refractivity contribution in [1.82, 2.24) is 9.88 Å². The Morgan fingerprint density at radius 1 is 1.18 bits per heavy atom. The van der Waals surface area contributed by atoms with E-state index in [9.17, 15) is 5.11 Å². The van der Waals surface area contributed by atoms with Gasteiger partial charge in [-0.1, -0.05) is 36.4 Å². The summed E-state index contributed by atoms with van der Waals surface area (Å²) in [6.07, 6.45) is 3.12. The smallest absolute Gasteiger partial charge is 0.0900 e. The number of hydrogen-bond donors (Lipinski definition) is 1. The van der Waals surface area contributed by atoms with Crippen molar-refractivity contribution in [2.45, 2.75) is 25.7 Å². The lowest BCUT2D eigenvalue weighted by Crippen LogP contribution is -2.34. The predicted molar refractivity (Wildman–Crippen MR) is 87.4 cm³/mol. The van der Waals surface area contributed by atoms with E-state index in [0.717, 1.165) is 11.1 Å². The molecule has 118 valence electrons. The van der Waals surface area contributed by atoms with Gasteiger partial charge in [0.25, 0.3) is 0 Å². The van der Waals surface area contributed by atoms with E-state index in [-0.39, 0.29) is 6.04 Å². The Kier molecular flexibility index (Phi) is 6.52. The summed E-state index contributed by atoms with van der Waals surface area (Å²) >= 11 is 0. The van der Waals surface area contributed by atoms with E-state index >= 15 is 0 Å². The first-order chi connectivity index (χ1) is 10.7. The highest BCUT2D eigenvalue weighted by molar-refractivity contribution is 5.14. The Morgan fingerprint density at radius 2 is 1.95 bits per heavy atom. The largest absolute Gasteiger partial charge is 0.389 e. The summed E-state index contributed by atoms with van der Waals surface area (Å²) in [6.45, 7) is 3.53. The summed E-state index contributed by atoms with van der Waals surface area (Å²) in [4.78, 5) is 6.24. The van der Waals surface area contributed by atoms with E-state index < -0.39 is 6.10 Å². The molecule has 1 N–H and O–H groups in total. The van der Waals surface area contributed by atoms with E-state index in [2.05, 4.69) is 16.8 Å². The van der Waals surface area contributed by atoms with Crippen molar-refractivity contribution in [1.29, 1.82) is 0 Å². The van der Waals surface area contributed by atoms with E-state index in [4.69, 9.17) is 4.74 Å². The second-order valence-corrected chi connectivity index (χ2v) is 5.56. The second-order valence-electron chi connectivity index (χ2n) is 5.56. The molecule has 0 bridgehead atoms. The summed E-state index contributed by atoms with van der Waals surface area (Å²) in [5.41, 5.74) is 2.26. The number of rotatable bonds is 8. The first-order valence-corrected chi connectivity index (χ1v) is 7.56. The predicted octanol–water partition coefficient (Wildman–Crippen LogP) is 2.65. The van der Waals surface area contributed by atoms with Gasteiger partial charge in [0.1, 0.15) is 0 Å². The molecule has 2 aromatic rings. The third-order valence-corrected chi connectivity index (χ3v) is 3.75. The molecule has 0 aliphatic rings. The van der Waals surface area contributed by atoms with E-state index in [0.29, 0.717) is 19.8 Å². The van der Waals surface area contributed by atoms with Crippen molar-refractivity contribution in [3.63, 3.8) is 0 Å². The number of aliphatic hydroxyl groups is 1. The molecule has 4 nitrogen and oxygen atoms in total. The summed E-state index contributed by atoms with van der Waals surface area (Å²) in [5, 5.41) is 10.1. The quantitative estimate of drug-likeness (QED) is 0.814. The maximum Gasteiger partial charge on any atom is 0.0900 e. The first-order valence-electron chi connectivity index (χ1n) is 7.56. The number of aromatic nitrogens is 1. The molecule has 0 spiro atoms. The van der Waals surface area contributed by atoms with Gasteiger partial charge in [0.05, 0.1) is 19.3 Å². The Balaban J connectivity index is 1.73. The molecule has 22 heavy (non-hydrogen) atoms. The standard InChI is InChI=1S/C18H24N2O2/c1-15(17-9-6-10-19-11-17)20(2)12-18(21)14-22-13-16-7-4-3-5-8-16/h3-11,15,18,21H,12-14H2,1-2H3/t15-,18+/m1/s1. The zero-order valence-electron chi connectivity index (χ0n) is 13.2. The molecular formula is C18H24N2O2. The van der Waals surface area contributed by atoms with Crippen molar-refractivity contribution >= 4 is 0 Å². The Labute approximate surface area is 132 Å². The van der Waals surface area contributed by atoms with E-state index in [1.54, 1.807) is 6.20 Å². The maximum absolute atomic E-state index is 10.1. The highest BCUT2D eigenvalue weighted by atomic mass is 16.5. The molecule has 1 heterocycles. The zero-order chi connectivity index (χ0) is 15.8. The number of pyridine rings is 1. The number of hydrogen-bond acceptors (Lipinski definition) is 4. The van der Waals surface area contributed by atoms with Gasteiger partial charge in [0.15, 0.2) is 0 Å². The van der Waals surface area contributed by atoms with Gasteiger partial charge in [0.2, 0.25) is 0 Å². The molecule has 2 rings (SSSR count). The summed E-state index contributed by atoms with van der Waals surface area (Å²) < 4.78 is 5.58. The molecule has 1 aromatic carbocycles. The number of ether oxygens (including phenoxy) is 1. The highest BCUT2D eigenvalue weighted by Crippen LogP contribution is 2.17. The number of likely N-dealkylation sites (N-methyl/N-ethyl adjacent to an activating group) is 1. The van der Waals surface area contributed by atoms with Crippen molar-refractivity contribution in [2.24, 2.45) is 0 Å². The van der Waals surface area contributed by atoms with Crippen LogP contribution in [0.2, 0.25) is 0 Å². The van der Waals surface area contributed by atoms with Crippen molar-refractivity contribution in [3.05, 3.63) is 66.0 Å². The Bertz CT molecular complexity index is 533. The lowest BCUT2D eigenvalue weighted by Gasteiger charge is -2.27. The average Bonchev–Trinajstić information content (AvgIpc) is 2.56. The lowest BCUT2D eigenvalue weighted by atomic mass is 10.1. The van der Waals surface area contributed by atoms with Crippen LogP contribution in [0.3, 0.4) is 0 Å². The molecule has 0 unspecified atom stereocenters. The SMILES string of the molecule is C[C@H](c1cccnc1)N(C)C[C@H](O)COCc1ccccc1. The molecule has 0 aliphatic carbocycles. The van der Waals surface area contributed by atoms with Gasteiger partial charge in [-0.2, -0.15) is 0 Å². The molecule has 0 fully saturated rings. The van der Waals surface area contributed by atoms with Crippen molar-refractivity contribution in [2.75, 3.05) is 20.2 Å².